The van der Waals surface area contributed by atoms with E-state index in [-0.39, 0.29) is 5.69 Å². The molecule has 1 N–H and O–H groups in total. The molecule has 0 amide bonds. The van der Waals surface area contributed by atoms with Crippen LogP contribution in [0.5, 0.6) is 0 Å². The molecule has 0 bridgehead atoms. The first-order chi connectivity index (χ1) is 9.11. The summed E-state index contributed by atoms with van der Waals surface area (Å²) >= 11 is 3.10. The van der Waals surface area contributed by atoms with Crippen LogP contribution in [0.15, 0.2) is 16.6 Å². The molecule has 106 valence electrons. The van der Waals surface area contributed by atoms with Gasteiger partial charge in [0.1, 0.15) is 5.69 Å². The van der Waals surface area contributed by atoms with Gasteiger partial charge in [-0.2, -0.15) is 0 Å². The predicted octanol–water partition coefficient (Wildman–Crippen LogP) is 3.70. The number of nitrogens with one attached hydrogen (secondary N) is 1. The van der Waals surface area contributed by atoms with Crippen molar-refractivity contribution in [2.24, 2.45) is 0 Å². The second-order valence-corrected chi connectivity index (χ2v) is 5.85. The topological polar surface area (TPSA) is 15.3 Å². The zero-order chi connectivity index (χ0) is 13.8. The molecule has 1 aromatic carbocycles. The molecule has 1 aliphatic rings. The highest BCUT2D eigenvalue weighted by atomic mass is 79.9. The minimum atomic E-state index is -0.494. The number of hydrogen-bond acceptors (Lipinski definition) is 2. The molecule has 1 heterocycles. The maximum Gasteiger partial charge on any atom is 0.150 e. The maximum atomic E-state index is 13.9. The Kier molecular flexibility index (Phi) is 5.16. The van der Waals surface area contributed by atoms with E-state index in [1.54, 1.807) is 4.90 Å². The molecular formula is C14H19BrF2N2. The molecule has 0 radical (unpaired) electrons. The summed E-state index contributed by atoms with van der Waals surface area (Å²) in [5.74, 6) is -0.987. The first kappa shape index (κ1) is 14.7. The Balaban J connectivity index is 2.02. The fourth-order valence-corrected chi connectivity index (χ4v) is 2.89. The van der Waals surface area contributed by atoms with Gasteiger partial charge in [0.05, 0.1) is 0 Å². The van der Waals surface area contributed by atoms with Crippen LogP contribution in [-0.2, 0) is 0 Å². The zero-order valence-corrected chi connectivity index (χ0v) is 12.6. The number of halogens is 3. The van der Waals surface area contributed by atoms with E-state index >= 15 is 0 Å². The fourth-order valence-electron chi connectivity index (χ4n) is 2.49. The third-order valence-electron chi connectivity index (χ3n) is 3.48. The molecule has 0 saturated carbocycles. The van der Waals surface area contributed by atoms with Crippen LogP contribution in [0.1, 0.15) is 26.2 Å². The fraction of sp³-hybridized carbons (Fsp3) is 0.571. The van der Waals surface area contributed by atoms with Crippen LogP contribution in [0.4, 0.5) is 14.5 Å². The first-order valence-electron chi connectivity index (χ1n) is 6.74. The van der Waals surface area contributed by atoms with Crippen molar-refractivity contribution in [3.05, 3.63) is 28.2 Å². The second kappa shape index (κ2) is 6.66. The predicted molar refractivity (Wildman–Crippen MR) is 77.6 cm³/mol. The van der Waals surface area contributed by atoms with Crippen LogP contribution >= 0.6 is 15.9 Å². The molecule has 1 aliphatic heterocycles. The molecule has 2 rings (SSSR count). The van der Waals surface area contributed by atoms with Crippen LogP contribution < -0.4 is 10.2 Å². The van der Waals surface area contributed by atoms with Gasteiger partial charge in [0.25, 0.3) is 0 Å². The smallest absolute Gasteiger partial charge is 0.150 e. The Morgan fingerprint density at radius 2 is 1.84 bits per heavy atom. The molecule has 19 heavy (non-hydrogen) atoms. The highest BCUT2D eigenvalue weighted by molar-refractivity contribution is 9.10. The lowest BCUT2D eigenvalue weighted by Gasteiger charge is -2.34. The number of anilines is 1. The molecule has 5 heteroatoms. The van der Waals surface area contributed by atoms with Crippen LogP contribution in [-0.4, -0.2) is 25.7 Å². The van der Waals surface area contributed by atoms with E-state index in [1.807, 2.05) is 0 Å². The van der Waals surface area contributed by atoms with Crippen molar-refractivity contribution < 1.29 is 8.78 Å². The Bertz CT molecular complexity index is 408. The zero-order valence-electron chi connectivity index (χ0n) is 11.1. The molecule has 1 aromatic rings. The van der Waals surface area contributed by atoms with Gasteiger partial charge in [-0.25, -0.2) is 8.78 Å². The van der Waals surface area contributed by atoms with E-state index in [2.05, 4.69) is 28.2 Å². The van der Waals surface area contributed by atoms with Gasteiger partial charge in [-0.05, 0) is 37.9 Å². The molecule has 0 unspecified atom stereocenters. The summed E-state index contributed by atoms with van der Waals surface area (Å²) < 4.78 is 28.2. The van der Waals surface area contributed by atoms with Crippen LogP contribution in [0, 0.1) is 11.6 Å². The third kappa shape index (κ3) is 3.66. The van der Waals surface area contributed by atoms with Crippen molar-refractivity contribution in [3.8, 4) is 0 Å². The summed E-state index contributed by atoms with van der Waals surface area (Å²) in [5, 5.41) is 3.46. The van der Waals surface area contributed by atoms with Gasteiger partial charge in [0, 0.05) is 23.6 Å². The normalized spacial score (nSPS) is 16.9. The number of rotatable bonds is 4. The largest absolute Gasteiger partial charge is 0.367 e. The number of nitrogens with zero attached hydrogens (tertiary/aromatic N) is 1. The van der Waals surface area contributed by atoms with Gasteiger partial charge in [0.2, 0.25) is 0 Å². The van der Waals surface area contributed by atoms with Crippen LogP contribution in [0.2, 0.25) is 0 Å². The summed E-state index contributed by atoms with van der Waals surface area (Å²) in [6, 6.07) is 3.11. The van der Waals surface area contributed by atoms with Crippen molar-refractivity contribution in [2.45, 2.75) is 32.2 Å². The number of piperidine rings is 1. The summed E-state index contributed by atoms with van der Waals surface area (Å²) in [5.41, 5.74) is 0.108. The number of benzene rings is 1. The van der Waals surface area contributed by atoms with E-state index in [9.17, 15) is 8.78 Å². The van der Waals surface area contributed by atoms with E-state index in [1.165, 1.54) is 12.1 Å². The van der Waals surface area contributed by atoms with Gasteiger partial charge in [-0.15, -0.1) is 0 Å². The van der Waals surface area contributed by atoms with Crippen molar-refractivity contribution in [1.29, 1.82) is 0 Å². The Labute approximate surface area is 121 Å². The van der Waals surface area contributed by atoms with Crippen molar-refractivity contribution in [1.82, 2.24) is 5.32 Å². The van der Waals surface area contributed by atoms with Gasteiger partial charge in [-0.1, -0.05) is 22.9 Å². The van der Waals surface area contributed by atoms with Gasteiger partial charge in [-0.3, -0.25) is 0 Å². The van der Waals surface area contributed by atoms with Gasteiger partial charge in [0.15, 0.2) is 11.6 Å². The minimum Gasteiger partial charge on any atom is -0.367 e. The first-order valence-corrected chi connectivity index (χ1v) is 7.54. The molecule has 0 atom stereocenters. The molecule has 1 saturated heterocycles. The quantitative estimate of drug-likeness (QED) is 0.904. The summed E-state index contributed by atoms with van der Waals surface area (Å²) in [4.78, 5) is 1.81. The summed E-state index contributed by atoms with van der Waals surface area (Å²) in [7, 11) is 0. The molecule has 0 spiro atoms. The maximum absolute atomic E-state index is 13.9. The van der Waals surface area contributed by atoms with Gasteiger partial charge < -0.3 is 10.2 Å². The molecule has 1 fully saturated rings. The van der Waals surface area contributed by atoms with Crippen molar-refractivity contribution >= 4 is 21.6 Å². The monoisotopic (exact) mass is 332 g/mol. The summed E-state index contributed by atoms with van der Waals surface area (Å²) in [6.07, 6.45) is 2.96. The minimum absolute atomic E-state index is 0.108. The SMILES string of the molecule is CCCNC1CCN(c2c(F)cc(Br)cc2F)CC1. The lowest BCUT2D eigenvalue weighted by Crippen LogP contribution is -2.43. The molecule has 0 aliphatic carbocycles. The van der Waals surface area contributed by atoms with Crippen LogP contribution in [0.25, 0.3) is 0 Å². The Morgan fingerprint density at radius 1 is 1.26 bits per heavy atom. The lowest BCUT2D eigenvalue weighted by molar-refractivity contribution is 0.410. The third-order valence-corrected chi connectivity index (χ3v) is 3.93. The average Bonchev–Trinajstić information content (AvgIpc) is 2.36. The Hall–Kier alpha value is -0.680. The second-order valence-electron chi connectivity index (χ2n) is 4.93. The molecule has 0 aromatic heterocycles. The average molecular weight is 333 g/mol. The molecular weight excluding hydrogens is 314 g/mol. The number of hydrogen-bond donors (Lipinski definition) is 1. The lowest BCUT2D eigenvalue weighted by atomic mass is 10.0. The Morgan fingerprint density at radius 3 is 2.37 bits per heavy atom. The van der Waals surface area contributed by atoms with Crippen LogP contribution in [0.3, 0.4) is 0 Å². The van der Waals surface area contributed by atoms with E-state index in [0.29, 0.717) is 23.6 Å². The van der Waals surface area contributed by atoms with E-state index < -0.39 is 11.6 Å². The van der Waals surface area contributed by atoms with Crippen molar-refractivity contribution in [2.75, 3.05) is 24.5 Å². The van der Waals surface area contributed by atoms with Gasteiger partial charge >= 0.3 is 0 Å². The highest BCUT2D eigenvalue weighted by Gasteiger charge is 2.23. The highest BCUT2D eigenvalue weighted by Crippen LogP contribution is 2.29. The van der Waals surface area contributed by atoms with E-state index in [4.69, 9.17) is 0 Å². The van der Waals surface area contributed by atoms with E-state index in [0.717, 1.165) is 25.8 Å². The van der Waals surface area contributed by atoms with Crippen molar-refractivity contribution in [3.63, 3.8) is 0 Å². The molecule has 2 nitrogen and oxygen atoms in total. The standard InChI is InChI=1S/C14H19BrF2N2/c1-2-5-18-11-3-6-19(7-4-11)14-12(16)8-10(15)9-13(14)17/h8-9,11,18H,2-7H2,1H3. The summed E-state index contributed by atoms with van der Waals surface area (Å²) in [6.45, 7) is 4.52.